The number of esters is 1. The summed E-state index contributed by atoms with van der Waals surface area (Å²) in [6.07, 6.45) is 5.49. The van der Waals surface area contributed by atoms with Gasteiger partial charge >= 0.3 is 5.97 Å². The second kappa shape index (κ2) is 6.34. The predicted molar refractivity (Wildman–Crippen MR) is 85.0 cm³/mol. The first-order chi connectivity index (χ1) is 10.2. The average molecular weight is 308 g/mol. The molecule has 0 bridgehead atoms. The SMILES string of the molecule is CCOC(=O)C1CCCc2sc(N3CCC(C)CC3)nc21. The fourth-order valence-corrected chi connectivity index (χ4v) is 4.43. The van der Waals surface area contributed by atoms with Crippen molar-refractivity contribution in [2.24, 2.45) is 5.92 Å². The Kier molecular flexibility index (Phi) is 4.48. The molecule has 1 aromatic rings. The zero-order valence-corrected chi connectivity index (χ0v) is 13.7. The molecule has 0 spiro atoms. The van der Waals surface area contributed by atoms with Gasteiger partial charge in [-0.15, -0.1) is 11.3 Å². The van der Waals surface area contributed by atoms with Gasteiger partial charge in [-0.2, -0.15) is 0 Å². The van der Waals surface area contributed by atoms with E-state index in [1.807, 2.05) is 6.92 Å². The molecule has 1 atom stereocenters. The monoisotopic (exact) mass is 308 g/mol. The number of aryl methyl sites for hydroxylation is 1. The van der Waals surface area contributed by atoms with Gasteiger partial charge < -0.3 is 9.64 Å². The lowest BCUT2D eigenvalue weighted by molar-refractivity contribution is -0.145. The molecule has 2 heterocycles. The van der Waals surface area contributed by atoms with E-state index in [-0.39, 0.29) is 11.9 Å². The predicted octanol–water partition coefficient (Wildman–Crippen LogP) is 3.36. The highest BCUT2D eigenvalue weighted by Crippen LogP contribution is 2.39. The number of hydrogen-bond acceptors (Lipinski definition) is 5. The van der Waals surface area contributed by atoms with Gasteiger partial charge in [0.2, 0.25) is 0 Å². The Morgan fingerprint density at radius 2 is 2.14 bits per heavy atom. The molecule has 5 heteroatoms. The third-order valence-electron chi connectivity index (χ3n) is 4.57. The zero-order valence-electron chi connectivity index (χ0n) is 12.9. The first-order valence-electron chi connectivity index (χ1n) is 8.10. The highest BCUT2D eigenvalue weighted by molar-refractivity contribution is 7.15. The second-order valence-electron chi connectivity index (χ2n) is 6.17. The largest absolute Gasteiger partial charge is 0.465 e. The number of carbonyl (C=O) groups is 1. The topological polar surface area (TPSA) is 42.4 Å². The van der Waals surface area contributed by atoms with Crippen molar-refractivity contribution in [1.82, 2.24) is 4.98 Å². The number of thiazole rings is 1. The van der Waals surface area contributed by atoms with Crippen LogP contribution in [0, 0.1) is 5.92 Å². The van der Waals surface area contributed by atoms with Crippen molar-refractivity contribution in [1.29, 1.82) is 0 Å². The molecule has 1 aliphatic heterocycles. The van der Waals surface area contributed by atoms with Crippen LogP contribution in [0.5, 0.6) is 0 Å². The first kappa shape index (κ1) is 14.8. The molecule has 0 saturated carbocycles. The third-order valence-corrected chi connectivity index (χ3v) is 5.76. The molecule has 2 aliphatic rings. The smallest absolute Gasteiger partial charge is 0.315 e. The molecule has 116 valence electrons. The van der Waals surface area contributed by atoms with Crippen LogP contribution >= 0.6 is 11.3 Å². The van der Waals surface area contributed by atoms with E-state index >= 15 is 0 Å². The van der Waals surface area contributed by atoms with Crippen molar-refractivity contribution in [3.05, 3.63) is 10.6 Å². The summed E-state index contributed by atoms with van der Waals surface area (Å²) in [4.78, 5) is 20.6. The fraction of sp³-hybridized carbons (Fsp3) is 0.750. The Hall–Kier alpha value is -1.10. The van der Waals surface area contributed by atoms with Crippen LogP contribution in [-0.2, 0) is 16.0 Å². The number of aromatic nitrogens is 1. The molecule has 1 aliphatic carbocycles. The van der Waals surface area contributed by atoms with Crippen LogP contribution in [0.3, 0.4) is 0 Å². The normalized spacial score (nSPS) is 23.0. The Labute approximate surface area is 130 Å². The van der Waals surface area contributed by atoms with Crippen molar-refractivity contribution in [3.63, 3.8) is 0 Å². The van der Waals surface area contributed by atoms with Crippen molar-refractivity contribution >= 4 is 22.4 Å². The van der Waals surface area contributed by atoms with E-state index in [1.54, 1.807) is 11.3 Å². The van der Waals surface area contributed by atoms with Gasteiger partial charge in [0.15, 0.2) is 5.13 Å². The summed E-state index contributed by atoms with van der Waals surface area (Å²) in [6.45, 7) is 6.82. The van der Waals surface area contributed by atoms with Crippen LogP contribution in [0.4, 0.5) is 5.13 Å². The Bertz CT molecular complexity index is 506. The maximum atomic E-state index is 12.1. The summed E-state index contributed by atoms with van der Waals surface area (Å²) in [6, 6.07) is 0. The highest BCUT2D eigenvalue weighted by Gasteiger charge is 2.32. The van der Waals surface area contributed by atoms with E-state index < -0.39 is 0 Å². The summed E-state index contributed by atoms with van der Waals surface area (Å²) in [5, 5.41) is 1.11. The minimum Gasteiger partial charge on any atom is -0.465 e. The van der Waals surface area contributed by atoms with Gasteiger partial charge in [0.1, 0.15) is 5.92 Å². The van der Waals surface area contributed by atoms with Gasteiger partial charge in [-0.3, -0.25) is 4.79 Å². The van der Waals surface area contributed by atoms with Crippen molar-refractivity contribution in [2.45, 2.75) is 51.9 Å². The summed E-state index contributed by atoms with van der Waals surface area (Å²) in [5.74, 6) is 0.591. The number of carbonyl (C=O) groups excluding carboxylic acids is 1. The Morgan fingerprint density at radius 1 is 1.38 bits per heavy atom. The van der Waals surface area contributed by atoms with Crippen molar-refractivity contribution in [2.75, 3.05) is 24.6 Å². The van der Waals surface area contributed by atoms with E-state index in [1.165, 1.54) is 17.7 Å². The van der Waals surface area contributed by atoms with Crippen LogP contribution in [0.15, 0.2) is 0 Å². The summed E-state index contributed by atoms with van der Waals surface area (Å²) in [7, 11) is 0. The lowest BCUT2D eigenvalue weighted by atomic mass is 9.91. The first-order valence-corrected chi connectivity index (χ1v) is 8.92. The fourth-order valence-electron chi connectivity index (χ4n) is 3.21. The molecule has 4 nitrogen and oxygen atoms in total. The van der Waals surface area contributed by atoms with Crippen LogP contribution in [0.2, 0.25) is 0 Å². The van der Waals surface area contributed by atoms with Gasteiger partial charge in [-0.05, 0) is 44.9 Å². The van der Waals surface area contributed by atoms with E-state index in [0.717, 1.165) is 49.1 Å². The quantitative estimate of drug-likeness (QED) is 0.803. The molecule has 0 amide bonds. The molecule has 21 heavy (non-hydrogen) atoms. The molecular formula is C16H24N2O2S. The Balaban J connectivity index is 1.79. The average Bonchev–Trinajstić information content (AvgIpc) is 2.92. The van der Waals surface area contributed by atoms with Crippen LogP contribution in [0.25, 0.3) is 0 Å². The molecule has 1 saturated heterocycles. The van der Waals surface area contributed by atoms with Crippen molar-refractivity contribution in [3.8, 4) is 0 Å². The van der Waals surface area contributed by atoms with Gasteiger partial charge in [0.25, 0.3) is 0 Å². The van der Waals surface area contributed by atoms with Gasteiger partial charge in [-0.25, -0.2) is 4.98 Å². The van der Waals surface area contributed by atoms with E-state index in [2.05, 4.69) is 11.8 Å². The van der Waals surface area contributed by atoms with Crippen LogP contribution in [-0.4, -0.2) is 30.6 Å². The molecule has 0 aromatic carbocycles. The van der Waals surface area contributed by atoms with E-state index in [4.69, 9.17) is 9.72 Å². The highest BCUT2D eigenvalue weighted by atomic mass is 32.1. The molecule has 0 radical (unpaired) electrons. The van der Waals surface area contributed by atoms with Gasteiger partial charge in [0, 0.05) is 18.0 Å². The second-order valence-corrected chi connectivity index (χ2v) is 7.23. The number of ether oxygens (including phenoxy) is 1. The molecule has 1 fully saturated rings. The minimum atomic E-state index is -0.137. The summed E-state index contributed by atoms with van der Waals surface area (Å²) < 4.78 is 5.22. The zero-order chi connectivity index (χ0) is 14.8. The third kappa shape index (κ3) is 3.07. The number of anilines is 1. The van der Waals surface area contributed by atoms with Crippen LogP contribution < -0.4 is 4.90 Å². The number of nitrogens with zero attached hydrogens (tertiary/aromatic N) is 2. The van der Waals surface area contributed by atoms with E-state index in [9.17, 15) is 4.79 Å². The number of hydrogen-bond donors (Lipinski definition) is 0. The maximum Gasteiger partial charge on any atom is 0.315 e. The van der Waals surface area contributed by atoms with Gasteiger partial charge in [-0.1, -0.05) is 6.92 Å². The standard InChI is InChI=1S/C16H24N2O2S/c1-3-20-15(19)12-5-4-6-13-14(12)17-16(21-13)18-9-7-11(2)8-10-18/h11-12H,3-10H2,1-2H3. The molecule has 3 rings (SSSR count). The Morgan fingerprint density at radius 3 is 2.86 bits per heavy atom. The molecule has 1 aromatic heterocycles. The minimum absolute atomic E-state index is 0.0948. The lowest BCUT2D eigenvalue weighted by Gasteiger charge is -2.29. The van der Waals surface area contributed by atoms with Gasteiger partial charge in [0.05, 0.1) is 12.3 Å². The van der Waals surface area contributed by atoms with E-state index in [0.29, 0.717) is 6.61 Å². The maximum absolute atomic E-state index is 12.1. The number of rotatable bonds is 3. The molecule has 0 N–H and O–H groups in total. The summed E-state index contributed by atoms with van der Waals surface area (Å²) in [5.41, 5.74) is 0.998. The summed E-state index contributed by atoms with van der Waals surface area (Å²) >= 11 is 1.79. The van der Waals surface area contributed by atoms with Crippen LogP contribution in [0.1, 0.15) is 56.0 Å². The molecule has 1 unspecified atom stereocenters. The number of piperidine rings is 1. The number of fused-ring (bicyclic) bond motifs is 1. The molecular weight excluding hydrogens is 284 g/mol. The lowest BCUT2D eigenvalue weighted by Crippen LogP contribution is -2.32. The van der Waals surface area contributed by atoms with Crippen molar-refractivity contribution < 1.29 is 9.53 Å².